The molecule has 4 heterocycles. The molecule has 0 saturated carbocycles. The van der Waals surface area contributed by atoms with Gasteiger partial charge in [0.2, 0.25) is 0 Å². The smallest absolute Gasteiger partial charge is 0.349 e. The van der Waals surface area contributed by atoms with E-state index in [2.05, 4.69) is 78.6 Å². The molecule has 0 aliphatic heterocycles. The van der Waals surface area contributed by atoms with Crippen LogP contribution in [0.5, 0.6) is 0 Å². The largest absolute Gasteiger partial charge is 0.462 e. The summed E-state index contributed by atoms with van der Waals surface area (Å²) in [5, 5.41) is 35.0. The number of fused-ring (bicyclic) bond motifs is 2. The van der Waals surface area contributed by atoms with E-state index in [-0.39, 0.29) is 46.6 Å². The predicted octanol–water partition coefficient (Wildman–Crippen LogP) is 33.7. The van der Waals surface area contributed by atoms with Gasteiger partial charge in [-0.2, -0.15) is 20.5 Å². The molecule has 14 aromatic rings. The molecular weight excluding hydrogens is 1850 g/mol. The van der Waals surface area contributed by atoms with E-state index < -0.39 is 23.3 Å². The van der Waals surface area contributed by atoms with Gasteiger partial charge in [0, 0.05) is 105 Å². The van der Waals surface area contributed by atoms with Crippen molar-refractivity contribution in [1.82, 2.24) is 9.97 Å². The molecule has 14 rings (SSSR count). The highest BCUT2D eigenvalue weighted by atomic mass is 32.1. The van der Waals surface area contributed by atoms with E-state index in [1.165, 1.54) is 146 Å². The van der Waals surface area contributed by atoms with Gasteiger partial charge < -0.3 is 38.5 Å². The van der Waals surface area contributed by atoms with Crippen LogP contribution in [0.15, 0.2) is 272 Å². The number of carbonyl (C=O) groups is 4. The zero-order valence-corrected chi connectivity index (χ0v) is 84.8. The van der Waals surface area contributed by atoms with E-state index in [1.807, 2.05) is 203 Å². The van der Waals surface area contributed by atoms with Crippen LogP contribution in [-0.4, -0.2) is 117 Å². The van der Waals surface area contributed by atoms with Crippen molar-refractivity contribution in [2.24, 2.45) is 40.9 Å². The monoisotopic (exact) mass is 1970 g/mol. The first-order valence-corrected chi connectivity index (χ1v) is 50.8. The zero-order valence-electron chi connectivity index (χ0n) is 81.6. The number of thiazole rings is 2. The summed E-state index contributed by atoms with van der Waals surface area (Å²) in [5.41, 5.74) is 11.9. The summed E-state index contributed by atoms with van der Waals surface area (Å²) in [7, 11) is 15.7. The first-order chi connectivity index (χ1) is 67.8. The number of thiophene rings is 2. The van der Waals surface area contributed by atoms with E-state index in [0.717, 1.165) is 116 Å². The van der Waals surface area contributed by atoms with Gasteiger partial charge in [0.15, 0.2) is 23.3 Å². The first kappa shape index (κ1) is 107. The van der Waals surface area contributed by atoms with E-state index in [1.54, 1.807) is 72.8 Å². The number of benzene rings is 10. The van der Waals surface area contributed by atoms with Gasteiger partial charge in [0.25, 0.3) is 0 Å². The molecule has 732 valence electrons. The third-order valence-corrected chi connectivity index (χ3v) is 26.6. The molecule has 0 N–H and O–H groups in total. The van der Waals surface area contributed by atoms with E-state index in [4.69, 9.17) is 18.9 Å². The molecule has 22 nitrogen and oxygen atoms in total. The van der Waals surface area contributed by atoms with E-state index >= 15 is 0 Å². The van der Waals surface area contributed by atoms with Crippen molar-refractivity contribution in [1.29, 1.82) is 0 Å². The maximum absolute atomic E-state index is 14.8. The van der Waals surface area contributed by atoms with Crippen molar-refractivity contribution in [3.05, 3.63) is 275 Å². The lowest BCUT2D eigenvalue weighted by Crippen LogP contribution is -2.07. The lowest BCUT2D eigenvalue weighted by atomic mass is 10.1. The van der Waals surface area contributed by atoms with Gasteiger partial charge in [0.05, 0.1) is 76.7 Å². The summed E-state index contributed by atoms with van der Waals surface area (Å²) in [6.07, 6.45) is 23.5. The highest BCUT2D eigenvalue weighted by Gasteiger charge is 2.20. The molecule has 0 saturated heterocycles. The Labute approximate surface area is 834 Å². The standard InChI is InChI=1S/C30H32FN3O2S.C29H31FN4O2S.C26H30FN3O2S.C25H29FN4O2S/c1-4-5-6-7-8-17-36-30(35)23-10-9-22-19-28(37-29(22)20-23)21-11-16-27(26(31)18-21)33-32-24-12-14-25(15-13-24)34(2)3;1-4-5-6-7-8-17-36-29(35)21-10-16-26-27(19-21)37-28(31-26)20-9-15-25(24(30)18-20)33-32-22-11-13-23(14-12-22)34(2)3;1-4-5-6-7-8-17-32-26(31)25-16-15-24(33-25)19-9-14-23(22(27)18-19)29-28-20-10-12-21(13-11-20)30(2)3;1-4-5-6-7-8-15-32-25(31)23-17-27-24(33-23)18-9-14-22(21(26)16-18)29-28-19-10-12-20(13-11-19)30(2)3/h9-16,18-20H,4-8,17H2,1-3H3;9-16,18-19H,4-8,17H2,1-3H3;9-16,18H,4-8,17H2,1-3H3;9-14,16-17H,4-8,15H2,1-3H3. The molecule has 0 spiro atoms. The second kappa shape index (κ2) is 56.0. The Morgan fingerprint density at radius 3 is 1.01 bits per heavy atom. The van der Waals surface area contributed by atoms with Crippen LogP contribution in [0.3, 0.4) is 0 Å². The quantitative estimate of drug-likeness (QED) is 0.0113. The number of aromatic nitrogens is 2. The zero-order chi connectivity index (χ0) is 99.7. The molecule has 0 aliphatic rings. The molecular formula is C110H122F4N14O8S4. The summed E-state index contributed by atoms with van der Waals surface area (Å²) in [6, 6.07) is 65.7. The maximum Gasteiger partial charge on any atom is 0.349 e. The summed E-state index contributed by atoms with van der Waals surface area (Å²) in [5.74, 6) is -3.24. The van der Waals surface area contributed by atoms with Crippen LogP contribution in [0.25, 0.3) is 62.3 Å². The molecule has 0 unspecified atom stereocenters. The molecule has 0 bridgehead atoms. The maximum atomic E-state index is 14.8. The Hall–Kier alpha value is -13.4. The summed E-state index contributed by atoms with van der Waals surface area (Å²) >= 11 is 5.40. The van der Waals surface area contributed by atoms with Crippen LogP contribution in [0.1, 0.15) is 196 Å². The Bertz CT molecular complexity index is 6070. The van der Waals surface area contributed by atoms with E-state index in [0.29, 0.717) is 96.8 Å². The van der Waals surface area contributed by atoms with Gasteiger partial charge in [-0.25, -0.2) is 46.7 Å². The fraction of sp³-hybridized carbons (Fsp3) is 0.327. The number of rotatable bonds is 44. The van der Waals surface area contributed by atoms with Crippen LogP contribution in [0.2, 0.25) is 0 Å². The minimum atomic E-state index is -0.507. The normalized spacial score (nSPS) is 11.3. The number of ether oxygens (including phenoxy) is 4. The highest BCUT2D eigenvalue weighted by molar-refractivity contribution is 7.22. The minimum absolute atomic E-state index is 0.134. The Kier molecular flexibility index (Phi) is 42.8. The van der Waals surface area contributed by atoms with Crippen LogP contribution < -0.4 is 19.6 Å². The number of hydrogen-bond acceptors (Lipinski definition) is 26. The third-order valence-electron chi connectivity index (χ3n) is 22.2. The topological polar surface area (TPSA) is 243 Å². The number of anilines is 4. The van der Waals surface area contributed by atoms with Gasteiger partial charge in [0.1, 0.15) is 42.5 Å². The summed E-state index contributed by atoms with van der Waals surface area (Å²) in [4.78, 5) is 68.8. The first-order valence-electron chi connectivity index (χ1n) is 47.5. The number of halogens is 4. The van der Waals surface area contributed by atoms with Crippen molar-refractivity contribution < 1.29 is 55.7 Å². The third kappa shape index (κ3) is 33.4. The molecule has 0 amide bonds. The number of carbonyl (C=O) groups excluding carboxylic acids is 4. The highest BCUT2D eigenvalue weighted by Crippen LogP contribution is 2.40. The molecule has 30 heteroatoms. The van der Waals surface area contributed by atoms with Gasteiger partial charge in [-0.05, 0) is 248 Å². The SMILES string of the molecule is CCCCCCCOC(=O)c1ccc(-c2ccc(N=Nc3ccc(N(C)C)cc3)c(F)c2)s1.CCCCCCCOC(=O)c1ccc2cc(-c3ccc(N=Nc4ccc(N(C)C)cc4)c(F)c3)sc2c1.CCCCCCCOC(=O)c1ccc2nc(-c3ccc(N=Nc4ccc(N(C)C)cc4)c(F)c3)sc2c1.CCCCCCCOC(=O)c1cnc(-c2ccc(N=Nc3ccc(N(C)C)cc3)c(F)c2)s1. The Morgan fingerprint density at radius 2 is 0.629 bits per heavy atom. The molecule has 0 aliphatic carbocycles. The number of nitrogens with zero attached hydrogens (tertiary/aromatic N) is 14. The Morgan fingerprint density at radius 1 is 0.293 bits per heavy atom. The summed E-state index contributed by atoms with van der Waals surface area (Å²) in [6.45, 7) is 10.4. The van der Waals surface area contributed by atoms with Gasteiger partial charge in [-0.3, -0.25) is 0 Å². The fourth-order valence-corrected chi connectivity index (χ4v) is 17.8. The molecule has 140 heavy (non-hydrogen) atoms. The number of hydrogen-bond donors (Lipinski definition) is 0. The van der Waals surface area contributed by atoms with Gasteiger partial charge >= 0.3 is 23.9 Å². The average Bonchev–Trinajstić information content (AvgIpc) is 1.65. The molecule has 0 atom stereocenters. The lowest BCUT2D eigenvalue weighted by molar-refractivity contribution is 0.0488. The number of unbranched alkanes of at least 4 members (excludes halogenated alkanes) is 16. The van der Waals surface area contributed by atoms with Crippen LogP contribution >= 0.6 is 45.3 Å². The van der Waals surface area contributed by atoms with Crippen molar-refractivity contribution >= 4 is 158 Å². The molecule has 10 aromatic carbocycles. The summed E-state index contributed by atoms with van der Waals surface area (Å²) < 4.78 is 82.2. The lowest BCUT2D eigenvalue weighted by Gasteiger charge is -2.11. The molecule has 0 fully saturated rings. The number of esters is 4. The van der Waals surface area contributed by atoms with Crippen molar-refractivity contribution in [3.8, 4) is 42.0 Å². The Balaban J connectivity index is 0.000000179. The van der Waals surface area contributed by atoms with Crippen molar-refractivity contribution in [2.45, 2.75) is 156 Å². The second-order valence-corrected chi connectivity index (χ2v) is 38.3. The van der Waals surface area contributed by atoms with Gasteiger partial charge in [-0.15, -0.1) is 65.8 Å². The molecule has 0 radical (unpaired) electrons. The van der Waals surface area contributed by atoms with Crippen LogP contribution in [0, 0.1) is 23.3 Å². The predicted molar refractivity (Wildman–Crippen MR) is 565 cm³/mol. The van der Waals surface area contributed by atoms with Crippen molar-refractivity contribution in [2.75, 3.05) is 102 Å². The fourth-order valence-electron chi connectivity index (χ4n) is 14.0. The van der Waals surface area contributed by atoms with Gasteiger partial charge in [-0.1, -0.05) is 149 Å². The van der Waals surface area contributed by atoms with Crippen molar-refractivity contribution in [3.63, 3.8) is 0 Å². The van der Waals surface area contributed by atoms with Crippen LogP contribution in [-0.2, 0) is 18.9 Å². The average molecular weight is 1970 g/mol. The second-order valence-electron chi connectivity index (χ2n) is 34.1. The van der Waals surface area contributed by atoms with E-state index in [9.17, 15) is 36.7 Å². The minimum Gasteiger partial charge on any atom is -0.462 e. The molecule has 4 aromatic heterocycles. The van der Waals surface area contributed by atoms with Crippen LogP contribution in [0.4, 0.5) is 85.8 Å². The number of azo groups is 4.